The number of ether oxygens (including phenoxy) is 1. The second-order valence-corrected chi connectivity index (χ2v) is 4.66. The topological polar surface area (TPSA) is 77.2 Å². The molecule has 0 radical (unpaired) electrons. The summed E-state index contributed by atoms with van der Waals surface area (Å²) in [6.45, 7) is 0. The van der Waals surface area contributed by atoms with Crippen molar-refractivity contribution in [2.45, 2.75) is 0 Å². The zero-order valence-electron chi connectivity index (χ0n) is 10.2. The Morgan fingerprint density at radius 2 is 2.21 bits per heavy atom. The summed E-state index contributed by atoms with van der Waals surface area (Å²) in [5.74, 6) is 0.181. The number of halogens is 1. The number of nitrogens with one attached hydrogen (secondary N) is 1. The molecule has 3 N–H and O–H groups in total. The number of nitrogen functional groups attached to an aromatic ring is 1. The lowest BCUT2D eigenvalue weighted by atomic mass is 10.2. The third-order valence-electron chi connectivity index (χ3n) is 2.46. The molecular weight excluding hydrogens is 310 g/mol. The van der Waals surface area contributed by atoms with Gasteiger partial charge in [-0.05, 0) is 30.3 Å². The van der Waals surface area contributed by atoms with Gasteiger partial charge in [0.2, 0.25) is 0 Å². The summed E-state index contributed by atoms with van der Waals surface area (Å²) in [6.07, 6.45) is 1.52. The average molecular weight is 322 g/mol. The highest BCUT2D eigenvalue weighted by molar-refractivity contribution is 9.10. The minimum Gasteiger partial charge on any atom is -0.495 e. The molecule has 0 unspecified atom stereocenters. The molecule has 0 saturated heterocycles. The number of pyridine rings is 1. The van der Waals surface area contributed by atoms with Crippen molar-refractivity contribution in [3.63, 3.8) is 0 Å². The molecule has 98 valence electrons. The Morgan fingerprint density at radius 3 is 2.89 bits per heavy atom. The second kappa shape index (κ2) is 5.71. The number of nitrogens with two attached hydrogens (primary N) is 1. The minimum atomic E-state index is -0.380. The van der Waals surface area contributed by atoms with Crippen LogP contribution >= 0.6 is 15.9 Å². The van der Waals surface area contributed by atoms with Crippen molar-refractivity contribution < 1.29 is 9.53 Å². The van der Waals surface area contributed by atoms with Crippen molar-refractivity contribution in [2.24, 2.45) is 0 Å². The first-order valence-electron chi connectivity index (χ1n) is 5.47. The molecule has 0 atom stereocenters. The lowest BCUT2D eigenvalue weighted by Crippen LogP contribution is -2.16. The molecule has 0 aliphatic carbocycles. The van der Waals surface area contributed by atoms with Crippen LogP contribution in [0.25, 0.3) is 0 Å². The smallest absolute Gasteiger partial charge is 0.276 e. The van der Waals surface area contributed by atoms with Gasteiger partial charge in [-0.1, -0.05) is 15.9 Å². The van der Waals surface area contributed by atoms with Crippen LogP contribution in [0.4, 0.5) is 11.4 Å². The predicted octanol–water partition coefficient (Wildman–Crippen LogP) is 2.69. The van der Waals surface area contributed by atoms with E-state index in [0.717, 1.165) is 4.47 Å². The normalized spacial score (nSPS) is 10.0. The zero-order valence-corrected chi connectivity index (χ0v) is 11.8. The van der Waals surface area contributed by atoms with Crippen LogP contribution in [-0.2, 0) is 0 Å². The number of anilines is 2. The fraction of sp³-hybridized carbons (Fsp3) is 0.0769. The van der Waals surface area contributed by atoms with Gasteiger partial charge in [-0.25, -0.2) is 4.98 Å². The van der Waals surface area contributed by atoms with Gasteiger partial charge in [-0.2, -0.15) is 0 Å². The van der Waals surface area contributed by atoms with Crippen LogP contribution in [-0.4, -0.2) is 18.0 Å². The highest BCUT2D eigenvalue weighted by Crippen LogP contribution is 2.28. The predicted molar refractivity (Wildman–Crippen MR) is 77.3 cm³/mol. The van der Waals surface area contributed by atoms with E-state index in [0.29, 0.717) is 17.1 Å². The van der Waals surface area contributed by atoms with Crippen LogP contribution in [0.5, 0.6) is 5.75 Å². The van der Waals surface area contributed by atoms with Crippen LogP contribution < -0.4 is 15.8 Å². The molecule has 2 rings (SSSR count). The molecule has 0 aliphatic heterocycles. The molecule has 0 saturated carbocycles. The highest BCUT2D eigenvalue weighted by Gasteiger charge is 2.13. The van der Waals surface area contributed by atoms with Gasteiger partial charge < -0.3 is 15.8 Å². The third-order valence-corrected chi connectivity index (χ3v) is 2.96. The van der Waals surface area contributed by atoms with E-state index in [1.807, 2.05) is 6.07 Å². The van der Waals surface area contributed by atoms with Crippen molar-refractivity contribution in [3.8, 4) is 5.75 Å². The fourth-order valence-corrected chi connectivity index (χ4v) is 1.93. The number of benzene rings is 1. The molecule has 1 aromatic carbocycles. The molecule has 0 bridgehead atoms. The van der Waals surface area contributed by atoms with E-state index in [9.17, 15) is 4.79 Å². The lowest BCUT2D eigenvalue weighted by molar-refractivity contribution is 0.102. The summed E-state index contributed by atoms with van der Waals surface area (Å²) < 4.78 is 6.01. The van der Waals surface area contributed by atoms with Gasteiger partial charge in [0.15, 0.2) is 5.69 Å². The van der Waals surface area contributed by atoms with E-state index in [-0.39, 0.29) is 11.6 Å². The molecule has 0 fully saturated rings. The van der Waals surface area contributed by atoms with Crippen molar-refractivity contribution in [1.29, 1.82) is 0 Å². The fourth-order valence-electron chi connectivity index (χ4n) is 1.57. The standard InChI is InChI=1S/C13H12BrN3O2/c1-19-11-5-4-8(14)7-10(11)17-13(18)12-9(15)3-2-6-16-12/h2-7H,15H2,1H3,(H,17,18). The zero-order chi connectivity index (χ0) is 13.8. The maximum Gasteiger partial charge on any atom is 0.276 e. The molecular formula is C13H12BrN3O2. The summed E-state index contributed by atoms with van der Waals surface area (Å²) in [4.78, 5) is 16.1. The number of carbonyl (C=O) groups is 1. The van der Waals surface area contributed by atoms with Crippen LogP contribution in [0.3, 0.4) is 0 Å². The number of amides is 1. The number of carbonyl (C=O) groups excluding carboxylic acids is 1. The van der Waals surface area contributed by atoms with E-state index >= 15 is 0 Å². The van der Waals surface area contributed by atoms with Gasteiger partial charge >= 0.3 is 0 Å². The summed E-state index contributed by atoms with van der Waals surface area (Å²) >= 11 is 3.34. The molecule has 19 heavy (non-hydrogen) atoms. The Kier molecular flexibility index (Phi) is 4.01. The van der Waals surface area contributed by atoms with Gasteiger partial charge in [0.1, 0.15) is 5.75 Å². The molecule has 2 aromatic rings. The molecule has 1 aromatic heterocycles. The van der Waals surface area contributed by atoms with E-state index < -0.39 is 0 Å². The first kappa shape index (κ1) is 13.4. The number of aromatic nitrogens is 1. The Morgan fingerprint density at radius 1 is 1.42 bits per heavy atom. The summed E-state index contributed by atoms with van der Waals surface area (Å²) in [7, 11) is 1.54. The maximum atomic E-state index is 12.1. The Labute approximate surface area is 118 Å². The van der Waals surface area contributed by atoms with Crippen molar-refractivity contribution >= 4 is 33.2 Å². The van der Waals surface area contributed by atoms with Crippen LogP contribution in [0, 0.1) is 0 Å². The Bertz CT molecular complexity index is 617. The van der Waals surface area contributed by atoms with Crippen LogP contribution in [0.15, 0.2) is 41.0 Å². The minimum absolute atomic E-state index is 0.185. The lowest BCUT2D eigenvalue weighted by Gasteiger charge is -2.11. The molecule has 5 nitrogen and oxygen atoms in total. The first-order chi connectivity index (χ1) is 9.11. The van der Waals surface area contributed by atoms with Crippen molar-refractivity contribution in [3.05, 3.63) is 46.7 Å². The SMILES string of the molecule is COc1ccc(Br)cc1NC(=O)c1ncccc1N. The monoisotopic (exact) mass is 321 g/mol. The van der Waals surface area contributed by atoms with E-state index in [1.54, 1.807) is 24.3 Å². The molecule has 0 aliphatic rings. The summed E-state index contributed by atoms with van der Waals surface area (Å²) in [6, 6.07) is 8.62. The molecule has 1 amide bonds. The van der Waals surface area contributed by atoms with Crippen LogP contribution in [0.1, 0.15) is 10.5 Å². The summed E-state index contributed by atoms with van der Waals surface area (Å²) in [5.41, 5.74) is 6.77. The van der Waals surface area contributed by atoms with Crippen molar-refractivity contribution in [2.75, 3.05) is 18.2 Å². The molecule has 1 heterocycles. The number of hydrogen-bond acceptors (Lipinski definition) is 4. The van der Waals surface area contributed by atoms with Crippen molar-refractivity contribution in [1.82, 2.24) is 4.98 Å². The average Bonchev–Trinajstić information content (AvgIpc) is 2.39. The Hall–Kier alpha value is -2.08. The third kappa shape index (κ3) is 3.03. The van der Waals surface area contributed by atoms with E-state index in [4.69, 9.17) is 10.5 Å². The quantitative estimate of drug-likeness (QED) is 0.911. The van der Waals surface area contributed by atoms with Gasteiger partial charge in [-0.15, -0.1) is 0 Å². The number of rotatable bonds is 3. The largest absolute Gasteiger partial charge is 0.495 e. The number of hydrogen-bond donors (Lipinski definition) is 2. The van der Waals surface area contributed by atoms with E-state index in [1.165, 1.54) is 13.3 Å². The molecule has 6 heteroatoms. The van der Waals surface area contributed by atoms with Gasteiger partial charge in [0.25, 0.3) is 5.91 Å². The number of nitrogens with zero attached hydrogens (tertiary/aromatic N) is 1. The first-order valence-corrected chi connectivity index (χ1v) is 6.26. The number of methoxy groups -OCH3 is 1. The van der Waals surface area contributed by atoms with E-state index in [2.05, 4.69) is 26.2 Å². The maximum absolute atomic E-state index is 12.1. The summed E-state index contributed by atoms with van der Waals surface area (Å²) in [5, 5.41) is 2.72. The highest BCUT2D eigenvalue weighted by atomic mass is 79.9. The van der Waals surface area contributed by atoms with Gasteiger partial charge in [0.05, 0.1) is 18.5 Å². The van der Waals surface area contributed by atoms with Crippen LogP contribution in [0.2, 0.25) is 0 Å². The van der Waals surface area contributed by atoms with Gasteiger partial charge in [-0.3, -0.25) is 4.79 Å². The Balaban J connectivity index is 2.29. The second-order valence-electron chi connectivity index (χ2n) is 3.74. The van der Waals surface area contributed by atoms with Gasteiger partial charge in [0, 0.05) is 10.7 Å². The molecule has 0 spiro atoms.